The largest absolute Gasteiger partial charge is 0.503 e. The third-order valence-corrected chi connectivity index (χ3v) is 7.41. The summed E-state index contributed by atoms with van der Waals surface area (Å²) in [7, 11) is 4.25. The van der Waals surface area contributed by atoms with Crippen molar-refractivity contribution < 1.29 is 33.6 Å². The standard InChI is InChI=1S/C27H28ClN5O7/c1-12(2)33-31-26(30-32-33)14-8-16(23(35)19(9-14)39-6)29-15-7-13(3)27(20(34)10-15)25(36)21-17(37-4)11-18(38-5)22(28)24(21)40-27/h8-13,29,35H,7H2,1-6H3. The molecule has 0 amide bonds. The summed E-state index contributed by atoms with van der Waals surface area (Å²) < 4.78 is 22.1. The molecular formula is C27H28ClN5O7. The third kappa shape index (κ3) is 4.10. The van der Waals surface area contributed by atoms with Crippen LogP contribution in [-0.2, 0) is 4.79 Å². The fourth-order valence-electron chi connectivity index (χ4n) is 4.94. The van der Waals surface area contributed by atoms with Gasteiger partial charge in [-0.3, -0.25) is 9.59 Å². The SMILES string of the molecule is COc1cc(-c2nnn(C(C)C)n2)cc(NC2=CC(=O)C3(Oc4c(Cl)c(OC)cc(OC)c4C3=O)C(C)C2)c1O. The minimum Gasteiger partial charge on any atom is -0.503 e. The Labute approximate surface area is 234 Å². The molecule has 0 saturated carbocycles. The smallest absolute Gasteiger partial charge is 0.236 e. The van der Waals surface area contributed by atoms with Crippen LogP contribution in [0.2, 0.25) is 5.02 Å². The molecule has 1 aliphatic carbocycles. The third-order valence-electron chi connectivity index (χ3n) is 7.05. The summed E-state index contributed by atoms with van der Waals surface area (Å²) in [6.45, 7) is 5.58. The first-order chi connectivity index (χ1) is 19.0. The van der Waals surface area contributed by atoms with Gasteiger partial charge in [-0.05, 0) is 37.6 Å². The number of phenols is 1. The molecule has 2 N–H and O–H groups in total. The van der Waals surface area contributed by atoms with Crippen molar-refractivity contribution in [2.24, 2.45) is 5.92 Å². The number of ketones is 2. The van der Waals surface area contributed by atoms with E-state index in [1.807, 2.05) is 13.8 Å². The molecule has 0 radical (unpaired) electrons. The van der Waals surface area contributed by atoms with Crippen molar-refractivity contribution in [3.05, 3.63) is 40.6 Å². The molecule has 13 heteroatoms. The van der Waals surface area contributed by atoms with Crippen LogP contribution in [0.5, 0.6) is 28.7 Å². The summed E-state index contributed by atoms with van der Waals surface area (Å²) in [6.07, 6.45) is 1.53. The molecule has 2 aliphatic rings. The van der Waals surface area contributed by atoms with E-state index in [-0.39, 0.29) is 57.5 Å². The molecule has 1 spiro atoms. The second kappa shape index (κ2) is 10.0. The molecule has 2 unspecified atom stereocenters. The molecule has 0 bridgehead atoms. The quantitative estimate of drug-likeness (QED) is 0.311. The number of ether oxygens (including phenoxy) is 4. The molecule has 0 saturated heterocycles. The Hall–Kier alpha value is -4.32. The number of benzene rings is 2. The predicted octanol–water partition coefficient (Wildman–Crippen LogP) is 4.22. The molecule has 1 aliphatic heterocycles. The van der Waals surface area contributed by atoms with Gasteiger partial charge in [-0.25, -0.2) is 0 Å². The highest BCUT2D eigenvalue weighted by molar-refractivity contribution is 6.36. The van der Waals surface area contributed by atoms with Crippen LogP contribution in [0.3, 0.4) is 0 Å². The average Bonchev–Trinajstić information content (AvgIpc) is 3.54. The molecule has 2 heterocycles. The summed E-state index contributed by atoms with van der Waals surface area (Å²) >= 11 is 6.46. The number of fused-ring (bicyclic) bond motifs is 1. The lowest BCUT2D eigenvalue weighted by molar-refractivity contribution is -0.129. The molecule has 5 rings (SSSR count). The van der Waals surface area contributed by atoms with Crippen LogP contribution < -0.4 is 24.3 Å². The number of Topliss-reactive ketones (excluding diaryl/α,β-unsaturated/α-hetero) is 1. The monoisotopic (exact) mass is 569 g/mol. The molecule has 1 aromatic heterocycles. The minimum absolute atomic E-state index is 0.00709. The fraction of sp³-hybridized carbons (Fsp3) is 0.370. The van der Waals surface area contributed by atoms with Gasteiger partial charge in [0.15, 0.2) is 17.2 Å². The van der Waals surface area contributed by atoms with E-state index in [9.17, 15) is 14.7 Å². The molecule has 0 fully saturated rings. The van der Waals surface area contributed by atoms with Gasteiger partial charge in [-0.15, -0.1) is 10.2 Å². The van der Waals surface area contributed by atoms with Crippen LogP contribution in [0, 0.1) is 5.92 Å². The van der Waals surface area contributed by atoms with Gasteiger partial charge < -0.3 is 29.4 Å². The van der Waals surface area contributed by atoms with E-state index in [1.165, 1.54) is 38.3 Å². The van der Waals surface area contributed by atoms with Gasteiger partial charge in [-0.2, -0.15) is 4.80 Å². The highest BCUT2D eigenvalue weighted by Gasteiger charge is 2.60. The summed E-state index contributed by atoms with van der Waals surface area (Å²) in [5.41, 5.74) is -0.474. The van der Waals surface area contributed by atoms with Crippen molar-refractivity contribution in [1.29, 1.82) is 0 Å². The number of tetrazole rings is 1. The Balaban J connectivity index is 1.50. The maximum atomic E-state index is 13.7. The van der Waals surface area contributed by atoms with E-state index < -0.39 is 23.1 Å². The summed E-state index contributed by atoms with van der Waals surface area (Å²) in [6, 6.07) is 4.71. The lowest BCUT2D eigenvalue weighted by atomic mass is 9.74. The number of anilines is 1. The van der Waals surface area contributed by atoms with E-state index in [0.717, 1.165) is 0 Å². The molecule has 40 heavy (non-hydrogen) atoms. The van der Waals surface area contributed by atoms with Gasteiger partial charge >= 0.3 is 0 Å². The zero-order chi connectivity index (χ0) is 28.9. The van der Waals surface area contributed by atoms with Crippen molar-refractivity contribution in [2.75, 3.05) is 26.6 Å². The van der Waals surface area contributed by atoms with Gasteiger partial charge in [0.1, 0.15) is 22.1 Å². The normalized spacial score (nSPS) is 19.9. The van der Waals surface area contributed by atoms with Crippen LogP contribution in [0.1, 0.15) is 43.6 Å². The molecule has 3 aromatic rings. The number of carbonyl (C=O) groups excluding carboxylic acids is 2. The number of aromatic hydroxyl groups is 1. The Bertz CT molecular complexity index is 1570. The van der Waals surface area contributed by atoms with Crippen molar-refractivity contribution in [2.45, 2.75) is 38.8 Å². The summed E-state index contributed by atoms with van der Waals surface area (Å²) in [5, 5.41) is 26.6. The van der Waals surface area contributed by atoms with Crippen molar-refractivity contribution in [3.8, 4) is 40.1 Å². The van der Waals surface area contributed by atoms with Gasteiger partial charge in [0.05, 0.1) is 33.1 Å². The van der Waals surface area contributed by atoms with Crippen LogP contribution in [0.4, 0.5) is 5.69 Å². The maximum Gasteiger partial charge on any atom is 0.236 e. The topological polar surface area (TPSA) is 147 Å². The van der Waals surface area contributed by atoms with E-state index >= 15 is 0 Å². The first-order valence-corrected chi connectivity index (χ1v) is 12.8. The number of aromatic nitrogens is 4. The molecule has 2 aromatic carbocycles. The first-order valence-electron chi connectivity index (χ1n) is 12.5. The first kappa shape index (κ1) is 27.3. The zero-order valence-electron chi connectivity index (χ0n) is 22.7. The number of halogens is 1. The van der Waals surface area contributed by atoms with E-state index in [2.05, 4.69) is 20.7 Å². The number of phenolic OH excluding ortho intramolecular Hbond substituents is 1. The number of nitrogens with one attached hydrogen (secondary N) is 1. The van der Waals surface area contributed by atoms with Crippen LogP contribution in [-0.4, -0.2) is 63.8 Å². The zero-order valence-corrected chi connectivity index (χ0v) is 23.5. The lowest BCUT2D eigenvalue weighted by Gasteiger charge is -2.35. The second-order valence-electron chi connectivity index (χ2n) is 9.83. The van der Waals surface area contributed by atoms with Crippen molar-refractivity contribution in [3.63, 3.8) is 0 Å². The second-order valence-corrected chi connectivity index (χ2v) is 10.2. The number of methoxy groups -OCH3 is 3. The fourth-order valence-corrected chi connectivity index (χ4v) is 5.20. The summed E-state index contributed by atoms with van der Waals surface area (Å²) in [4.78, 5) is 28.8. The Morgan fingerprint density at radius 2 is 1.82 bits per heavy atom. The van der Waals surface area contributed by atoms with E-state index in [4.69, 9.17) is 30.5 Å². The lowest BCUT2D eigenvalue weighted by Crippen LogP contribution is -2.55. The highest BCUT2D eigenvalue weighted by atomic mass is 35.5. The Kier molecular flexibility index (Phi) is 6.82. The number of allylic oxidation sites excluding steroid dienone is 1. The van der Waals surface area contributed by atoms with Crippen LogP contribution in [0.15, 0.2) is 30.0 Å². The number of carbonyl (C=O) groups is 2. The Morgan fingerprint density at radius 3 is 2.42 bits per heavy atom. The van der Waals surface area contributed by atoms with Crippen molar-refractivity contribution >= 4 is 28.9 Å². The van der Waals surface area contributed by atoms with Gasteiger partial charge in [0.2, 0.25) is 23.0 Å². The minimum atomic E-state index is -1.82. The molecule has 210 valence electrons. The number of nitrogens with zero attached hydrogens (tertiary/aromatic N) is 4. The average molecular weight is 570 g/mol. The van der Waals surface area contributed by atoms with Crippen molar-refractivity contribution in [1.82, 2.24) is 20.2 Å². The molecule has 2 atom stereocenters. The summed E-state index contributed by atoms with van der Waals surface area (Å²) in [5.74, 6) is -0.893. The van der Waals surface area contributed by atoms with Gasteiger partial charge in [0, 0.05) is 29.3 Å². The number of rotatable bonds is 7. The molecular weight excluding hydrogens is 542 g/mol. The van der Waals surface area contributed by atoms with E-state index in [0.29, 0.717) is 17.1 Å². The number of hydrogen-bond acceptors (Lipinski definition) is 11. The van der Waals surface area contributed by atoms with E-state index in [1.54, 1.807) is 19.1 Å². The van der Waals surface area contributed by atoms with Gasteiger partial charge in [-0.1, -0.05) is 18.5 Å². The van der Waals surface area contributed by atoms with Gasteiger partial charge in [0.25, 0.3) is 0 Å². The highest BCUT2D eigenvalue weighted by Crippen LogP contribution is 2.53. The molecule has 12 nitrogen and oxygen atoms in total. The maximum absolute atomic E-state index is 13.7. The van der Waals surface area contributed by atoms with Crippen LogP contribution >= 0.6 is 11.6 Å². The predicted molar refractivity (Wildman–Crippen MR) is 145 cm³/mol. The Morgan fingerprint density at radius 1 is 1.12 bits per heavy atom. The van der Waals surface area contributed by atoms with Crippen LogP contribution in [0.25, 0.3) is 11.4 Å². The number of hydrogen-bond donors (Lipinski definition) is 2.